The molecule has 208 valence electrons. The summed E-state index contributed by atoms with van der Waals surface area (Å²) < 4.78 is 14.1. The lowest BCUT2D eigenvalue weighted by Gasteiger charge is -2.49. The predicted octanol–water partition coefficient (Wildman–Crippen LogP) is 10.4. The van der Waals surface area contributed by atoms with Crippen molar-refractivity contribution < 1.29 is 8.85 Å². The first-order valence-electron chi connectivity index (χ1n) is 15.8. The number of rotatable bonds is 15. The maximum absolute atomic E-state index is 7.19. The summed E-state index contributed by atoms with van der Waals surface area (Å²) in [5.41, 5.74) is 0.495. The summed E-state index contributed by atoms with van der Waals surface area (Å²) in [5.74, 6) is 3.19. The number of hydrogen-bond acceptors (Lipinski definition) is 2. The summed E-state index contributed by atoms with van der Waals surface area (Å²) in [6, 6.07) is 7.60. The molecule has 4 heteroatoms. The van der Waals surface area contributed by atoms with Crippen molar-refractivity contribution in [3.8, 4) is 0 Å². The van der Waals surface area contributed by atoms with E-state index in [0.717, 1.165) is 23.7 Å². The van der Waals surface area contributed by atoms with E-state index >= 15 is 0 Å². The van der Waals surface area contributed by atoms with Crippen LogP contribution in [0.5, 0.6) is 0 Å². The molecule has 0 bridgehead atoms. The topological polar surface area (TPSA) is 18.5 Å². The van der Waals surface area contributed by atoms with Gasteiger partial charge in [-0.25, -0.2) is 0 Å². The lowest BCUT2D eigenvalue weighted by Crippen LogP contribution is -2.49. The molecule has 2 aliphatic carbocycles. The van der Waals surface area contributed by atoms with Crippen molar-refractivity contribution in [2.45, 2.75) is 169 Å². The van der Waals surface area contributed by atoms with Gasteiger partial charge >= 0.3 is 0 Å². The van der Waals surface area contributed by atoms with E-state index in [9.17, 15) is 0 Å². The molecule has 2 rings (SSSR count). The zero-order valence-electron chi connectivity index (χ0n) is 25.9. The summed E-state index contributed by atoms with van der Waals surface area (Å²) in [6.45, 7) is 26.8. The van der Waals surface area contributed by atoms with Gasteiger partial charge in [-0.05, 0) is 118 Å². The SMILES string of the molecule is CC[Si](CC)(CC)O[C@H]1CCC[C@]2(C)C([C@H](C)C(C)CCC(C)(C)O[Si](CC)(CC)CC)CCC12. The minimum absolute atomic E-state index is 0.0164. The molecule has 6 atom stereocenters. The summed E-state index contributed by atoms with van der Waals surface area (Å²) in [4.78, 5) is 0. The minimum Gasteiger partial charge on any atom is -0.414 e. The molecule has 3 unspecified atom stereocenters. The third kappa shape index (κ3) is 7.06. The molecule has 35 heavy (non-hydrogen) atoms. The summed E-state index contributed by atoms with van der Waals surface area (Å²) in [7, 11) is -3.10. The van der Waals surface area contributed by atoms with Gasteiger partial charge < -0.3 is 8.85 Å². The molecule has 0 aliphatic heterocycles. The van der Waals surface area contributed by atoms with E-state index in [1.807, 2.05) is 0 Å². The molecule has 0 spiro atoms. The Balaban J connectivity index is 2.05. The van der Waals surface area contributed by atoms with Crippen LogP contribution in [0.2, 0.25) is 36.3 Å². The fourth-order valence-electron chi connectivity index (χ4n) is 8.32. The van der Waals surface area contributed by atoms with Gasteiger partial charge in [0.1, 0.15) is 0 Å². The average molecular weight is 525 g/mol. The third-order valence-electron chi connectivity index (χ3n) is 11.6. The van der Waals surface area contributed by atoms with Gasteiger partial charge in [0.05, 0.1) is 5.60 Å². The highest BCUT2D eigenvalue weighted by Gasteiger charge is 2.54. The van der Waals surface area contributed by atoms with E-state index in [0.29, 0.717) is 11.5 Å². The Labute approximate surface area is 223 Å². The van der Waals surface area contributed by atoms with Gasteiger partial charge in [-0.2, -0.15) is 0 Å². The van der Waals surface area contributed by atoms with Crippen LogP contribution in [0.15, 0.2) is 0 Å². The molecular formula is C31H64O2Si2. The highest BCUT2D eigenvalue weighted by Crippen LogP contribution is 2.60. The van der Waals surface area contributed by atoms with Crippen molar-refractivity contribution in [3.05, 3.63) is 0 Å². The van der Waals surface area contributed by atoms with Crippen LogP contribution in [0.4, 0.5) is 0 Å². The lowest BCUT2D eigenvalue weighted by molar-refractivity contribution is -0.0266. The van der Waals surface area contributed by atoms with E-state index in [4.69, 9.17) is 8.85 Å². The van der Waals surface area contributed by atoms with Crippen molar-refractivity contribution in [3.63, 3.8) is 0 Å². The van der Waals surface area contributed by atoms with Crippen molar-refractivity contribution >= 4 is 16.6 Å². The van der Waals surface area contributed by atoms with Crippen LogP contribution >= 0.6 is 0 Å². The van der Waals surface area contributed by atoms with Crippen molar-refractivity contribution in [2.75, 3.05) is 0 Å². The van der Waals surface area contributed by atoms with Crippen LogP contribution in [0.3, 0.4) is 0 Å². The zero-order chi connectivity index (χ0) is 26.5. The second kappa shape index (κ2) is 12.9. The van der Waals surface area contributed by atoms with E-state index in [1.54, 1.807) is 0 Å². The van der Waals surface area contributed by atoms with Gasteiger partial charge in [-0.15, -0.1) is 0 Å². The Morgan fingerprint density at radius 2 is 1.37 bits per heavy atom. The Morgan fingerprint density at radius 3 is 1.89 bits per heavy atom. The smallest absolute Gasteiger partial charge is 0.192 e. The molecule has 0 amide bonds. The van der Waals surface area contributed by atoms with Crippen LogP contribution in [-0.4, -0.2) is 28.3 Å². The quantitative estimate of drug-likeness (QED) is 0.198. The predicted molar refractivity (Wildman–Crippen MR) is 160 cm³/mol. The molecule has 2 nitrogen and oxygen atoms in total. The zero-order valence-corrected chi connectivity index (χ0v) is 27.9. The van der Waals surface area contributed by atoms with Crippen LogP contribution in [0.1, 0.15) is 121 Å². The number of hydrogen-bond donors (Lipinski definition) is 0. The summed E-state index contributed by atoms with van der Waals surface area (Å²) in [6.07, 6.45) is 9.96. The van der Waals surface area contributed by atoms with E-state index in [-0.39, 0.29) is 5.60 Å². The molecule has 0 N–H and O–H groups in total. The molecule has 0 radical (unpaired) electrons. The molecular weight excluding hydrogens is 461 g/mol. The molecule has 2 saturated carbocycles. The van der Waals surface area contributed by atoms with Gasteiger partial charge in [-0.3, -0.25) is 0 Å². The molecule has 2 aliphatic rings. The maximum atomic E-state index is 7.19. The molecule has 0 saturated heterocycles. The Bertz CT molecular complexity index is 611. The molecule has 0 heterocycles. The molecule has 0 aromatic rings. The van der Waals surface area contributed by atoms with Gasteiger partial charge in [-0.1, -0.05) is 68.7 Å². The monoisotopic (exact) mass is 524 g/mol. The number of fused-ring (bicyclic) bond motifs is 1. The third-order valence-corrected chi connectivity index (χ3v) is 21.2. The first kappa shape index (κ1) is 31.6. The fourth-order valence-corrected chi connectivity index (χ4v) is 14.5. The minimum atomic E-state index is -1.56. The highest BCUT2D eigenvalue weighted by atomic mass is 28.4. The van der Waals surface area contributed by atoms with Crippen LogP contribution < -0.4 is 0 Å². The van der Waals surface area contributed by atoms with Gasteiger partial charge in [0.15, 0.2) is 16.6 Å². The van der Waals surface area contributed by atoms with Crippen LogP contribution in [0, 0.1) is 29.1 Å². The van der Waals surface area contributed by atoms with Gasteiger partial charge in [0, 0.05) is 6.10 Å². The second-order valence-electron chi connectivity index (χ2n) is 13.6. The Hall–Kier alpha value is 0.354. The van der Waals surface area contributed by atoms with E-state index in [1.165, 1.54) is 81.2 Å². The molecule has 0 aromatic carbocycles. The Morgan fingerprint density at radius 1 is 0.829 bits per heavy atom. The average Bonchev–Trinajstić information content (AvgIpc) is 3.21. The van der Waals surface area contributed by atoms with Gasteiger partial charge in [0.2, 0.25) is 0 Å². The lowest BCUT2D eigenvalue weighted by atomic mass is 9.60. The second-order valence-corrected chi connectivity index (χ2v) is 23.0. The maximum Gasteiger partial charge on any atom is 0.192 e. The first-order valence-corrected chi connectivity index (χ1v) is 20.8. The summed E-state index contributed by atoms with van der Waals surface area (Å²) in [5, 5.41) is 0. The van der Waals surface area contributed by atoms with E-state index in [2.05, 4.69) is 76.2 Å². The normalized spacial score (nSPS) is 29.7. The van der Waals surface area contributed by atoms with Crippen molar-refractivity contribution in [1.29, 1.82) is 0 Å². The van der Waals surface area contributed by atoms with E-state index < -0.39 is 16.6 Å². The first-order chi connectivity index (χ1) is 16.4. The van der Waals surface area contributed by atoms with Crippen LogP contribution in [0.25, 0.3) is 0 Å². The highest BCUT2D eigenvalue weighted by molar-refractivity contribution is 6.74. The van der Waals surface area contributed by atoms with Crippen LogP contribution in [-0.2, 0) is 8.85 Å². The Kier molecular flexibility index (Phi) is 11.7. The van der Waals surface area contributed by atoms with Crippen molar-refractivity contribution in [1.82, 2.24) is 0 Å². The largest absolute Gasteiger partial charge is 0.414 e. The van der Waals surface area contributed by atoms with Gasteiger partial charge in [0.25, 0.3) is 0 Å². The fraction of sp³-hybridized carbons (Fsp3) is 1.00. The van der Waals surface area contributed by atoms with Crippen molar-refractivity contribution in [2.24, 2.45) is 29.1 Å². The summed E-state index contributed by atoms with van der Waals surface area (Å²) >= 11 is 0. The molecule has 2 fully saturated rings. The molecule has 0 aromatic heterocycles. The standard InChI is InChI=1S/C31H64O2Si2/c1-12-34(13-2,14-3)32-29-19-18-23-31(11)27(20-21-28(29)31)26(8)25(7)22-24-30(9,10)33-35(15-4,16-5)17-6/h25-29H,12-24H2,1-11H3/t25?,26-,27?,28?,29+,31-/m1/s1.